The summed E-state index contributed by atoms with van der Waals surface area (Å²) in [5, 5.41) is 8.57. The lowest BCUT2D eigenvalue weighted by molar-refractivity contribution is -0.131. The van der Waals surface area contributed by atoms with E-state index in [2.05, 4.69) is 19.9 Å². The van der Waals surface area contributed by atoms with E-state index in [0.717, 1.165) is 18.4 Å². The highest BCUT2D eigenvalue weighted by Gasteiger charge is 1.96. The van der Waals surface area contributed by atoms with Gasteiger partial charge in [-0.3, -0.25) is 0 Å². The number of carboxylic acid groups (broad SMARTS) is 1. The Hall–Kier alpha value is -1.05. The van der Waals surface area contributed by atoms with Crippen molar-refractivity contribution in [3.8, 4) is 0 Å². The predicted octanol–water partition coefficient (Wildman–Crippen LogP) is 4.32. The summed E-state index contributed by atoms with van der Waals surface area (Å²) in [7, 11) is 0. The molecular formula is C14H24O2. The lowest BCUT2D eigenvalue weighted by Gasteiger charge is -2.01. The van der Waals surface area contributed by atoms with Crippen LogP contribution in [0.5, 0.6) is 0 Å². The molecule has 0 atom stereocenters. The molecule has 1 N–H and O–H groups in total. The van der Waals surface area contributed by atoms with Crippen LogP contribution in [0.1, 0.15) is 59.3 Å². The topological polar surface area (TPSA) is 37.3 Å². The minimum Gasteiger partial charge on any atom is -0.478 e. The molecule has 0 amide bonds. The van der Waals surface area contributed by atoms with Crippen LogP contribution in [0.15, 0.2) is 23.3 Å². The average molecular weight is 224 g/mol. The highest BCUT2D eigenvalue weighted by molar-refractivity contribution is 5.80. The van der Waals surface area contributed by atoms with Gasteiger partial charge in [0.1, 0.15) is 0 Å². The van der Waals surface area contributed by atoms with Crippen LogP contribution in [0.2, 0.25) is 0 Å². The smallest absolute Gasteiger partial charge is 0.328 e. The molecule has 0 saturated heterocycles. The molecule has 0 heterocycles. The number of rotatable bonds is 8. The van der Waals surface area contributed by atoms with Crippen molar-refractivity contribution in [1.29, 1.82) is 0 Å². The monoisotopic (exact) mass is 224 g/mol. The zero-order chi connectivity index (χ0) is 12.4. The summed E-state index contributed by atoms with van der Waals surface area (Å²) in [6, 6.07) is 0. The first-order chi connectivity index (χ1) is 7.56. The van der Waals surface area contributed by atoms with E-state index >= 15 is 0 Å². The fourth-order valence-electron chi connectivity index (χ4n) is 1.69. The molecule has 0 aromatic carbocycles. The van der Waals surface area contributed by atoms with E-state index in [1.54, 1.807) is 0 Å². The summed E-state index contributed by atoms with van der Waals surface area (Å²) in [4.78, 5) is 10.4. The third kappa shape index (κ3) is 9.50. The molecule has 0 aliphatic carbocycles. The van der Waals surface area contributed by atoms with E-state index in [4.69, 9.17) is 5.11 Å². The summed E-state index contributed by atoms with van der Waals surface area (Å²) < 4.78 is 0. The Morgan fingerprint density at radius 1 is 1.12 bits per heavy atom. The Morgan fingerprint density at radius 2 is 1.81 bits per heavy atom. The van der Waals surface area contributed by atoms with Gasteiger partial charge in [0.2, 0.25) is 0 Å². The molecule has 0 aliphatic rings. The first kappa shape index (κ1) is 14.9. The lowest BCUT2D eigenvalue weighted by atomic mass is 10.1. The number of carboxylic acids is 1. The Labute approximate surface area is 99.1 Å². The van der Waals surface area contributed by atoms with E-state index in [-0.39, 0.29) is 0 Å². The van der Waals surface area contributed by atoms with Crippen molar-refractivity contribution in [2.24, 2.45) is 0 Å². The average Bonchev–Trinajstić information content (AvgIpc) is 2.15. The van der Waals surface area contributed by atoms with Gasteiger partial charge in [-0.05, 0) is 33.1 Å². The first-order valence-corrected chi connectivity index (χ1v) is 6.12. The molecule has 0 fully saturated rings. The number of unbranched alkanes of at least 4 members (excludes halogenated alkanes) is 4. The fraction of sp³-hybridized carbons (Fsp3) is 0.643. The van der Waals surface area contributed by atoms with Crippen LogP contribution in [0.3, 0.4) is 0 Å². The van der Waals surface area contributed by atoms with E-state index in [0.29, 0.717) is 0 Å². The van der Waals surface area contributed by atoms with Gasteiger partial charge >= 0.3 is 5.97 Å². The summed E-state index contributed by atoms with van der Waals surface area (Å²) in [6.45, 7) is 6.14. The quantitative estimate of drug-likeness (QED) is 0.378. The molecule has 0 spiro atoms. The van der Waals surface area contributed by atoms with Crippen LogP contribution >= 0.6 is 0 Å². The minimum absolute atomic E-state index is 0.778. The number of allylic oxidation sites excluding steroid dienone is 3. The molecule has 16 heavy (non-hydrogen) atoms. The molecule has 0 radical (unpaired) electrons. The zero-order valence-corrected chi connectivity index (χ0v) is 10.8. The highest BCUT2D eigenvalue weighted by atomic mass is 16.4. The third-order valence-electron chi connectivity index (χ3n) is 2.48. The molecule has 0 unspecified atom stereocenters. The summed E-state index contributed by atoms with van der Waals surface area (Å²) in [6.07, 6.45) is 10.5. The lowest BCUT2D eigenvalue weighted by Crippen LogP contribution is -1.90. The van der Waals surface area contributed by atoms with Crippen molar-refractivity contribution >= 4 is 5.97 Å². The first-order valence-electron chi connectivity index (χ1n) is 6.12. The second-order valence-electron chi connectivity index (χ2n) is 4.41. The number of carbonyl (C=O) groups is 1. The van der Waals surface area contributed by atoms with Crippen LogP contribution in [0.25, 0.3) is 0 Å². The molecule has 0 aromatic heterocycles. The number of hydrogen-bond acceptors (Lipinski definition) is 1. The number of aliphatic carboxylic acids is 1. The van der Waals surface area contributed by atoms with Crippen molar-refractivity contribution < 1.29 is 9.90 Å². The van der Waals surface area contributed by atoms with Gasteiger partial charge < -0.3 is 5.11 Å². The van der Waals surface area contributed by atoms with Crippen molar-refractivity contribution in [3.63, 3.8) is 0 Å². The van der Waals surface area contributed by atoms with E-state index in [1.807, 2.05) is 6.92 Å². The molecule has 2 heteroatoms. The normalized spacial score (nSPS) is 12.9. The zero-order valence-electron chi connectivity index (χ0n) is 10.8. The Kier molecular flexibility index (Phi) is 8.59. The van der Waals surface area contributed by atoms with Crippen molar-refractivity contribution in [1.82, 2.24) is 0 Å². The Balaban J connectivity index is 3.82. The van der Waals surface area contributed by atoms with Crippen LogP contribution in [-0.4, -0.2) is 11.1 Å². The van der Waals surface area contributed by atoms with Crippen molar-refractivity contribution in [3.05, 3.63) is 23.3 Å². The molecule has 0 aromatic rings. The Morgan fingerprint density at radius 3 is 2.38 bits per heavy atom. The van der Waals surface area contributed by atoms with Gasteiger partial charge in [0.25, 0.3) is 0 Å². The largest absolute Gasteiger partial charge is 0.478 e. The molecule has 0 aliphatic heterocycles. The van der Waals surface area contributed by atoms with Crippen LogP contribution in [0, 0.1) is 0 Å². The molecule has 2 nitrogen and oxygen atoms in total. The highest BCUT2D eigenvalue weighted by Crippen LogP contribution is 2.12. The van der Waals surface area contributed by atoms with E-state index in [9.17, 15) is 4.79 Å². The van der Waals surface area contributed by atoms with Gasteiger partial charge in [-0.1, -0.05) is 43.4 Å². The van der Waals surface area contributed by atoms with Gasteiger partial charge in [-0.25, -0.2) is 4.79 Å². The Bertz CT molecular complexity index is 262. The van der Waals surface area contributed by atoms with Gasteiger partial charge in [0.15, 0.2) is 0 Å². The second kappa shape index (κ2) is 9.20. The maximum Gasteiger partial charge on any atom is 0.328 e. The van der Waals surface area contributed by atoms with Crippen molar-refractivity contribution in [2.75, 3.05) is 0 Å². The molecule has 92 valence electrons. The van der Waals surface area contributed by atoms with Gasteiger partial charge in [0, 0.05) is 6.08 Å². The maximum absolute atomic E-state index is 10.4. The van der Waals surface area contributed by atoms with Gasteiger partial charge in [-0.2, -0.15) is 0 Å². The SMILES string of the molecule is CCCCCC/C=C(/C)C/C(C)=C/C(=O)O. The van der Waals surface area contributed by atoms with Crippen LogP contribution < -0.4 is 0 Å². The molecule has 0 saturated carbocycles. The van der Waals surface area contributed by atoms with Gasteiger partial charge in [0.05, 0.1) is 0 Å². The van der Waals surface area contributed by atoms with Crippen LogP contribution in [0.4, 0.5) is 0 Å². The van der Waals surface area contributed by atoms with E-state index in [1.165, 1.54) is 37.3 Å². The summed E-state index contributed by atoms with van der Waals surface area (Å²) >= 11 is 0. The van der Waals surface area contributed by atoms with Crippen molar-refractivity contribution in [2.45, 2.75) is 59.3 Å². The maximum atomic E-state index is 10.4. The summed E-state index contributed by atoms with van der Waals surface area (Å²) in [5.41, 5.74) is 2.18. The van der Waals surface area contributed by atoms with Crippen LogP contribution in [-0.2, 0) is 4.79 Å². The summed E-state index contributed by atoms with van der Waals surface area (Å²) in [5.74, 6) is -0.853. The second-order valence-corrected chi connectivity index (χ2v) is 4.41. The number of hydrogen-bond donors (Lipinski definition) is 1. The van der Waals surface area contributed by atoms with E-state index < -0.39 is 5.97 Å². The fourth-order valence-corrected chi connectivity index (χ4v) is 1.69. The standard InChI is InChI=1S/C14H24O2/c1-4-5-6-7-8-9-12(2)10-13(3)11-14(15)16/h9,11H,4-8,10H2,1-3H3,(H,15,16)/b12-9-,13-11+. The predicted molar refractivity (Wildman–Crippen MR) is 68.5 cm³/mol. The minimum atomic E-state index is -0.853. The molecule has 0 bridgehead atoms. The molecular weight excluding hydrogens is 200 g/mol. The molecule has 0 rings (SSSR count). The third-order valence-corrected chi connectivity index (χ3v) is 2.48. The van der Waals surface area contributed by atoms with Gasteiger partial charge in [-0.15, -0.1) is 0 Å².